The van der Waals surface area contributed by atoms with E-state index in [4.69, 9.17) is 10.5 Å². The first-order valence-electron chi connectivity index (χ1n) is 10.5. The Balaban J connectivity index is 1.82. The van der Waals surface area contributed by atoms with Gasteiger partial charge in [-0.15, -0.1) is 0 Å². The second-order valence-electron chi connectivity index (χ2n) is 7.85. The van der Waals surface area contributed by atoms with Crippen LogP contribution in [-0.4, -0.2) is 35.7 Å². The molecule has 0 saturated heterocycles. The molecule has 2 atom stereocenters. The summed E-state index contributed by atoms with van der Waals surface area (Å²) in [6, 6.07) is 17.4. The lowest BCUT2D eigenvalue weighted by Crippen LogP contribution is -2.53. The molecule has 0 bridgehead atoms. The number of carbonyl (C=O) groups is 3. The van der Waals surface area contributed by atoms with Gasteiger partial charge >= 0.3 is 6.09 Å². The van der Waals surface area contributed by atoms with Crippen LogP contribution < -0.4 is 16.4 Å². The molecular formula is C24H31N3O4S. The van der Waals surface area contributed by atoms with E-state index in [0.717, 1.165) is 16.9 Å². The van der Waals surface area contributed by atoms with Gasteiger partial charge in [0, 0.05) is 11.5 Å². The van der Waals surface area contributed by atoms with Crippen molar-refractivity contribution in [1.29, 1.82) is 0 Å². The van der Waals surface area contributed by atoms with Crippen molar-refractivity contribution in [2.24, 2.45) is 11.7 Å². The molecule has 0 spiro atoms. The molecule has 7 nitrogen and oxygen atoms in total. The SMILES string of the molecule is CC(C)C[C@H](NC(=O)[C@@H](N)CSCc1ccccc1)C(=O)NC(=O)OCc1ccccc1. The predicted molar refractivity (Wildman–Crippen MR) is 127 cm³/mol. The molecule has 0 aliphatic carbocycles. The summed E-state index contributed by atoms with van der Waals surface area (Å²) >= 11 is 1.55. The van der Waals surface area contributed by atoms with Gasteiger partial charge in [0.15, 0.2) is 0 Å². The first-order chi connectivity index (χ1) is 15.3. The smallest absolute Gasteiger partial charge is 0.414 e. The molecular weight excluding hydrogens is 426 g/mol. The molecule has 0 aromatic heterocycles. The van der Waals surface area contributed by atoms with Crippen LogP contribution >= 0.6 is 11.8 Å². The van der Waals surface area contributed by atoms with Crippen molar-refractivity contribution in [2.75, 3.05) is 5.75 Å². The monoisotopic (exact) mass is 457 g/mol. The first-order valence-corrected chi connectivity index (χ1v) is 11.7. The molecule has 172 valence electrons. The van der Waals surface area contributed by atoms with E-state index < -0.39 is 30.0 Å². The number of ether oxygens (including phenoxy) is 1. The Kier molecular flexibility index (Phi) is 10.8. The summed E-state index contributed by atoms with van der Waals surface area (Å²) in [6.07, 6.45) is -0.488. The van der Waals surface area contributed by atoms with Crippen molar-refractivity contribution >= 4 is 29.7 Å². The number of benzene rings is 2. The summed E-state index contributed by atoms with van der Waals surface area (Å²) < 4.78 is 5.09. The van der Waals surface area contributed by atoms with Crippen molar-refractivity contribution in [3.8, 4) is 0 Å². The van der Waals surface area contributed by atoms with E-state index in [1.807, 2.05) is 74.5 Å². The van der Waals surface area contributed by atoms with Crippen LogP contribution in [-0.2, 0) is 26.7 Å². The second-order valence-corrected chi connectivity index (χ2v) is 8.88. The van der Waals surface area contributed by atoms with Gasteiger partial charge in [-0.1, -0.05) is 74.5 Å². The van der Waals surface area contributed by atoms with Crippen LogP contribution in [0.1, 0.15) is 31.4 Å². The topological polar surface area (TPSA) is 111 Å². The zero-order chi connectivity index (χ0) is 23.3. The highest BCUT2D eigenvalue weighted by molar-refractivity contribution is 7.98. The molecule has 0 unspecified atom stereocenters. The van der Waals surface area contributed by atoms with Crippen molar-refractivity contribution in [3.05, 3.63) is 71.8 Å². The van der Waals surface area contributed by atoms with E-state index in [2.05, 4.69) is 10.6 Å². The molecule has 8 heteroatoms. The van der Waals surface area contributed by atoms with Gasteiger partial charge in [-0.2, -0.15) is 11.8 Å². The molecule has 0 fully saturated rings. The molecule has 0 radical (unpaired) electrons. The summed E-state index contributed by atoms with van der Waals surface area (Å²) in [4.78, 5) is 37.1. The number of nitrogens with one attached hydrogen (secondary N) is 2. The molecule has 0 saturated carbocycles. The van der Waals surface area contributed by atoms with E-state index in [1.54, 1.807) is 11.8 Å². The quantitative estimate of drug-likeness (QED) is 0.478. The third-order valence-corrected chi connectivity index (χ3v) is 5.66. The minimum absolute atomic E-state index is 0.0463. The summed E-state index contributed by atoms with van der Waals surface area (Å²) in [5.74, 6) is 0.231. The molecule has 2 rings (SSSR count). The van der Waals surface area contributed by atoms with Gasteiger partial charge < -0.3 is 15.8 Å². The van der Waals surface area contributed by atoms with Crippen LogP contribution in [0.5, 0.6) is 0 Å². The van der Waals surface area contributed by atoms with E-state index in [1.165, 1.54) is 0 Å². The maximum absolute atomic E-state index is 12.6. The number of thioether (sulfide) groups is 1. The normalized spacial score (nSPS) is 12.6. The van der Waals surface area contributed by atoms with Crippen LogP contribution in [0.3, 0.4) is 0 Å². The van der Waals surface area contributed by atoms with Gasteiger partial charge in [-0.25, -0.2) is 4.79 Å². The number of alkyl carbamates (subject to hydrolysis) is 1. The zero-order valence-corrected chi connectivity index (χ0v) is 19.3. The fraction of sp³-hybridized carbons (Fsp3) is 0.375. The minimum Gasteiger partial charge on any atom is -0.444 e. The number of amides is 3. The highest BCUT2D eigenvalue weighted by Crippen LogP contribution is 2.13. The predicted octanol–water partition coefficient (Wildman–Crippen LogP) is 3.23. The van der Waals surface area contributed by atoms with Crippen molar-refractivity contribution < 1.29 is 19.1 Å². The number of rotatable bonds is 11. The molecule has 32 heavy (non-hydrogen) atoms. The fourth-order valence-corrected chi connectivity index (χ4v) is 3.83. The lowest BCUT2D eigenvalue weighted by atomic mass is 10.0. The average Bonchev–Trinajstić information content (AvgIpc) is 2.78. The number of hydrogen-bond acceptors (Lipinski definition) is 6. The first kappa shape index (κ1) is 25.4. The lowest BCUT2D eigenvalue weighted by molar-refractivity contribution is -0.129. The summed E-state index contributed by atoms with van der Waals surface area (Å²) in [5, 5.41) is 4.88. The second kappa shape index (κ2) is 13.5. The van der Waals surface area contributed by atoms with Gasteiger partial charge in [-0.05, 0) is 23.5 Å². The van der Waals surface area contributed by atoms with Gasteiger partial charge in [0.25, 0.3) is 5.91 Å². The van der Waals surface area contributed by atoms with E-state index in [-0.39, 0.29) is 12.5 Å². The van der Waals surface area contributed by atoms with Crippen LogP contribution in [0.15, 0.2) is 60.7 Å². The maximum atomic E-state index is 12.6. The molecule has 3 amide bonds. The molecule has 0 heterocycles. The number of hydrogen-bond donors (Lipinski definition) is 3. The highest BCUT2D eigenvalue weighted by atomic mass is 32.2. The summed E-state index contributed by atoms with van der Waals surface area (Å²) in [6.45, 7) is 3.90. The van der Waals surface area contributed by atoms with E-state index >= 15 is 0 Å². The Morgan fingerprint density at radius 2 is 1.53 bits per heavy atom. The maximum Gasteiger partial charge on any atom is 0.414 e. The molecule has 4 N–H and O–H groups in total. The van der Waals surface area contributed by atoms with Gasteiger partial charge in [0.2, 0.25) is 5.91 Å². The molecule has 0 aliphatic heterocycles. The Bertz CT molecular complexity index is 862. The number of imide groups is 1. The van der Waals surface area contributed by atoms with E-state index in [9.17, 15) is 14.4 Å². The summed E-state index contributed by atoms with van der Waals surface area (Å²) in [7, 11) is 0. The number of nitrogens with two attached hydrogens (primary N) is 1. The fourth-order valence-electron chi connectivity index (χ4n) is 2.88. The Labute approximate surface area is 193 Å². The molecule has 2 aromatic carbocycles. The third kappa shape index (κ3) is 9.53. The third-order valence-electron chi connectivity index (χ3n) is 4.52. The van der Waals surface area contributed by atoms with Gasteiger partial charge in [-0.3, -0.25) is 14.9 Å². The van der Waals surface area contributed by atoms with Gasteiger partial charge in [0.05, 0.1) is 6.04 Å². The van der Waals surface area contributed by atoms with Crippen LogP contribution in [0.4, 0.5) is 4.79 Å². The Morgan fingerprint density at radius 3 is 2.12 bits per heavy atom. The van der Waals surface area contributed by atoms with Gasteiger partial charge in [0.1, 0.15) is 12.6 Å². The van der Waals surface area contributed by atoms with Crippen LogP contribution in [0.25, 0.3) is 0 Å². The number of carbonyl (C=O) groups excluding carboxylic acids is 3. The van der Waals surface area contributed by atoms with Crippen molar-refractivity contribution in [1.82, 2.24) is 10.6 Å². The standard InChI is InChI=1S/C24H31N3O4S/c1-17(2)13-21(23(29)27-24(30)31-14-18-9-5-3-6-10-18)26-22(28)20(25)16-32-15-19-11-7-4-8-12-19/h3-12,17,20-21H,13-16,25H2,1-2H3,(H,26,28)(H,27,29,30)/t20-,21-/m0/s1. The van der Waals surface area contributed by atoms with Crippen molar-refractivity contribution in [3.63, 3.8) is 0 Å². The van der Waals surface area contributed by atoms with Crippen LogP contribution in [0, 0.1) is 5.92 Å². The minimum atomic E-state index is -0.878. The van der Waals surface area contributed by atoms with Crippen LogP contribution in [0.2, 0.25) is 0 Å². The molecule has 2 aromatic rings. The Hall–Kier alpha value is -2.84. The largest absolute Gasteiger partial charge is 0.444 e. The van der Waals surface area contributed by atoms with E-state index in [0.29, 0.717) is 12.2 Å². The lowest BCUT2D eigenvalue weighted by Gasteiger charge is -2.21. The summed E-state index contributed by atoms with van der Waals surface area (Å²) in [5.41, 5.74) is 7.97. The average molecular weight is 458 g/mol. The zero-order valence-electron chi connectivity index (χ0n) is 18.5. The highest BCUT2D eigenvalue weighted by Gasteiger charge is 2.26. The molecule has 0 aliphatic rings. The Morgan fingerprint density at radius 1 is 0.938 bits per heavy atom. The van der Waals surface area contributed by atoms with Crippen molar-refractivity contribution in [2.45, 2.75) is 44.7 Å².